The molecule has 9 heteroatoms. The number of anilines is 1. The SMILES string of the molecule is O=C(Nc1ccc2oc(-c3ccccc3F)nc2c1)c1ccc(Cl)c([N+](=O)[O-])c1. The van der Waals surface area contributed by atoms with Crippen LogP contribution in [0.5, 0.6) is 0 Å². The van der Waals surface area contributed by atoms with E-state index < -0.39 is 16.6 Å². The Bertz CT molecular complexity index is 1270. The summed E-state index contributed by atoms with van der Waals surface area (Å²) in [5.74, 6) is -0.895. The second-order valence-corrected chi connectivity index (χ2v) is 6.47. The summed E-state index contributed by atoms with van der Waals surface area (Å²) in [7, 11) is 0. The Morgan fingerprint density at radius 2 is 1.93 bits per heavy atom. The van der Waals surface area contributed by atoms with Gasteiger partial charge in [0.05, 0.1) is 10.5 Å². The number of rotatable bonds is 4. The molecule has 1 N–H and O–H groups in total. The summed E-state index contributed by atoms with van der Waals surface area (Å²) in [6.07, 6.45) is 0. The fraction of sp³-hybridized carbons (Fsp3) is 0. The number of hydrogen-bond donors (Lipinski definition) is 1. The molecule has 0 bridgehead atoms. The Labute approximate surface area is 167 Å². The van der Waals surface area contributed by atoms with Crippen molar-refractivity contribution < 1.29 is 18.5 Å². The van der Waals surface area contributed by atoms with Crippen molar-refractivity contribution in [2.75, 3.05) is 5.32 Å². The maximum Gasteiger partial charge on any atom is 0.288 e. The second-order valence-electron chi connectivity index (χ2n) is 6.06. The smallest absolute Gasteiger partial charge is 0.288 e. The maximum absolute atomic E-state index is 13.9. The number of amides is 1. The quantitative estimate of drug-likeness (QED) is 0.355. The van der Waals surface area contributed by atoms with Gasteiger partial charge in [-0.2, -0.15) is 0 Å². The molecule has 0 aliphatic carbocycles. The maximum atomic E-state index is 13.9. The Hall–Kier alpha value is -3.78. The van der Waals surface area contributed by atoms with E-state index in [0.717, 1.165) is 6.07 Å². The number of nitro groups is 1. The van der Waals surface area contributed by atoms with E-state index in [0.29, 0.717) is 16.8 Å². The minimum Gasteiger partial charge on any atom is -0.436 e. The summed E-state index contributed by atoms with van der Waals surface area (Å²) in [4.78, 5) is 27.0. The molecule has 4 rings (SSSR count). The van der Waals surface area contributed by atoms with Crippen molar-refractivity contribution in [3.05, 3.63) is 87.2 Å². The third-order valence-electron chi connectivity index (χ3n) is 4.15. The molecule has 0 unspecified atom stereocenters. The zero-order valence-corrected chi connectivity index (χ0v) is 15.3. The fourth-order valence-electron chi connectivity index (χ4n) is 2.75. The molecule has 0 fully saturated rings. The van der Waals surface area contributed by atoms with Crippen molar-refractivity contribution in [2.24, 2.45) is 0 Å². The van der Waals surface area contributed by atoms with E-state index in [2.05, 4.69) is 10.3 Å². The van der Waals surface area contributed by atoms with Crippen LogP contribution in [0.1, 0.15) is 10.4 Å². The fourth-order valence-corrected chi connectivity index (χ4v) is 2.94. The highest BCUT2D eigenvalue weighted by Crippen LogP contribution is 2.29. The highest BCUT2D eigenvalue weighted by atomic mass is 35.5. The number of carbonyl (C=O) groups is 1. The molecule has 0 radical (unpaired) electrons. The molecule has 3 aromatic carbocycles. The number of aromatic nitrogens is 1. The molecule has 1 aromatic heterocycles. The standard InChI is InChI=1S/C20H11ClFN3O4/c21-14-7-5-11(9-17(14)25(27)28)19(26)23-12-6-8-18-16(10-12)24-20(29-18)13-3-1-2-4-15(13)22/h1-10H,(H,23,26). The Morgan fingerprint density at radius 3 is 2.69 bits per heavy atom. The first-order chi connectivity index (χ1) is 13.9. The first-order valence-corrected chi connectivity index (χ1v) is 8.71. The third kappa shape index (κ3) is 3.65. The molecule has 4 aromatic rings. The van der Waals surface area contributed by atoms with E-state index in [-0.39, 0.29) is 27.7 Å². The van der Waals surface area contributed by atoms with Gasteiger partial charge < -0.3 is 9.73 Å². The summed E-state index contributed by atoms with van der Waals surface area (Å²) in [6.45, 7) is 0. The molecule has 0 aliphatic rings. The van der Waals surface area contributed by atoms with Crippen LogP contribution in [-0.4, -0.2) is 15.8 Å². The molecule has 29 heavy (non-hydrogen) atoms. The zero-order valence-electron chi connectivity index (χ0n) is 14.6. The molecular weight excluding hydrogens is 401 g/mol. The minimum absolute atomic E-state index is 0.0590. The van der Waals surface area contributed by atoms with E-state index in [9.17, 15) is 19.3 Å². The topological polar surface area (TPSA) is 98.3 Å². The Morgan fingerprint density at radius 1 is 1.14 bits per heavy atom. The second kappa shape index (κ2) is 7.33. The predicted octanol–water partition coefficient (Wildman–Crippen LogP) is 5.45. The van der Waals surface area contributed by atoms with Crippen LogP contribution in [0.4, 0.5) is 15.8 Å². The van der Waals surface area contributed by atoms with Gasteiger partial charge in [0.15, 0.2) is 5.58 Å². The van der Waals surface area contributed by atoms with Gasteiger partial charge >= 0.3 is 0 Å². The van der Waals surface area contributed by atoms with E-state index in [1.807, 2.05) is 0 Å². The monoisotopic (exact) mass is 411 g/mol. The normalized spacial score (nSPS) is 10.8. The van der Waals surface area contributed by atoms with Crippen molar-refractivity contribution in [2.45, 2.75) is 0 Å². The molecular formula is C20H11ClFN3O4. The lowest BCUT2D eigenvalue weighted by atomic mass is 10.2. The van der Waals surface area contributed by atoms with Crippen LogP contribution in [0.2, 0.25) is 5.02 Å². The lowest BCUT2D eigenvalue weighted by Gasteiger charge is -2.05. The van der Waals surface area contributed by atoms with Crippen LogP contribution in [0, 0.1) is 15.9 Å². The zero-order chi connectivity index (χ0) is 20.5. The minimum atomic E-state index is -0.662. The number of oxazole rings is 1. The number of nitro benzene ring substituents is 1. The summed E-state index contributed by atoms with van der Waals surface area (Å²) in [6, 6.07) is 14.6. The molecule has 144 valence electrons. The van der Waals surface area contributed by atoms with Crippen LogP contribution >= 0.6 is 11.6 Å². The third-order valence-corrected chi connectivity index (χ3v) is 4.47. The highest BCUT2D eigenvalue weighted by molar-refractivity contribution is 6.32. The summed E-state index contributed by atoms with van der Waals surface area (Å²) in [5.41, 5.74) is 1.18. The molecule has 0 atom stereocenters. The highest BCUT2D eigenvalue weighted by Gasteiger charge is 2.17. The first kappa shape index (κ1) is 18.6. The van der Waals surface area contributed by atoms with Gasteiger partial charge in [-0.25, -0.2) is 9.37 Å². The van der Waals surface area contributed by atoms with Crippen LogP contribution in [-0.2, 0) is 0 Å². The first-order valence-electron chi connectivity index (χ1n) is 8.33. The van der Waals surface area contributed by atoms with Gasteiger partial charge in [-0.15, -0.1) is 0 Å². The molecule has 1 amide bonds. The number of carbonyl (C=O) groups excluding carboxylic acids is 1. The van der Waals surface area contributed by atoms with Gasteiger partial charge in [0.25, 0.3) is 11.6 Å². The van der Waals surface area contributed by atoms with Crippen molar-refractivity contribution in [3.8, 4) is 11.5 Å². The van der Waals surface area contributed by atoms with Gasteiger partial charge in [-0.3, -0.25) is 14.9 Å². The molecule has 0 saturated heterocycles. The average Bonchev–Trinajstić information content (AvgIpc) is 3.11. The number of nitrogens with zero attached hydrogens (tertiary/aromatic N) is 2. The molecule has 0 spiro atoms. The van der Waals surface area contributed by atoms with Crippen molar-refractivity contribution >= 4 is 40.0 Å². The molecule has 7 nitrogen and oxygen atoms in total. The van der Waals surface area contributed by atoms with E-state index in [4.69, 9.17) is 16.0 Å². The summed E-state index contributed by atoms with van der Waals surface area (Å²) < 4.78 is 19.5. The lowest BCUT2D eigenvalue weighted by molar-refractivity contribution is -0.384. The van der Waals surface area contributed by atoms with Gasteiger partial charge in [0.1, 0.15) is 16.4 Å². The molecule has 0 saturated carbocycles. The number of nitrogens with one attached hydrogen (secondary N) is 1. The van der Waals surface area contributed by atoms with Gasteiger partial charge in [-0.1, -0.05) is 23.7 Å². The van der Waals surface area contributed by atoms with Gasteiger partial charge in [0, 0.05) is 17.3 Å². The van der Waals surface area contributed by atoms with Gasteiger partial charge in [0.2, 0.25) is 5.89 Å². The van der Waals surface area contributed by atoms with Crippen LogP contribution in [0.25, 0.3) is 22.6 Å². The number of fused-ring (bicyclic) bond motifs is 1. The predicted molar refractivity (Wildman–Crippen MR) is 105 cm³/mol. The average molecular weight is 412 g/mol. The van der Waals surface area contributed by atoms with Gasteiger partial charge in [-0.05, 0) is 42.5 Å². The van der Waals surface area contributed by atoms with E-state index in [1.165, 1.54) is 18.2 Å². The molecule has 0 aliphatic heterocycles. The van der Waals surface area contributed by atoms with Crippen LogP contribution in [0.3, 0.4) is 0 Å². The van der Waals surface area contributed by atoms with E-state index in [1.54, 1.807) is 36.4 Å². The number of benzene rings is 3. The molecule has 1 heterocycles. The Balaban J connectivity index is 1.62. The summed E-state index contributed by atoms with van der Waals surface area (Å²) in [5, 5.41) is 13.6. The number of halogens is 2. The largest absolute Gasteiger partial charge is 0.436 e. The Kier molecular flexibility index (Phi) is 4.69. The lowest BCUT2D eigenvalue weighted by Crippen LogP contribution is -2.12. The van der Waals surface area contributed by atoms with Crippen molar-refractivity contribution in [1.29, 1.82) is 0 Å². The summed E-state index contributed by atoms with van der Waals surface area (Å²) >= 11 is 5.77. The van der Waals surface area contributed by atoms with Crippen molar-refractivity contribution in [1.82, 2.24) is 4.98 Å². The van der Waals surface area contributed by atoms with Crippen LogP contribution in [0.15, 0.2) is 65.1 Å². The van der Waals surface area contributed by atoms with Crippen molar-refractivity contribution in [3.63, 3.8) is 0 Å². The van der Waals surface area contributed by atoms with Crippen LogP contribution < -0.4 is 5.32 Å². The number of hydrogen-bond acceptors (Lipinski definition) is 5. The van der Waals surface area contributed by atoms with E-state index >= 15 is 0 Å².